The molecule has 0 saturated carbocycles. The summed E-state index contributed by atoms with van der Waals surface area (Å²) in [5.74, 6) is 2.06. The van der Waals surface area contributed by atoms with Gasteiger partial charge in [0.05, 0.1) is 17.8 Å². The van der Waals surface area contributed by atoms with Gasteiger partial charge in [0, 0.05) is 23.6 Å². The first kappa shape index (κ1) is 17.4. The van der Waals surface area contributed by atoms with Gasteiger partial charge in [-0.05, 0) is 38.5 Å². The number of para-hydroxylation sites is 1. The fraction of sp³-hybridized carbons (Fsp3) is 0.429. The number of aliphatic imine (C=N–C) groups is 1. The van der Waals surface area contributed by atoms with E-state index in [1.807, 2.05) is 36.2 Å². The number of amidine groups is 1. The first-order valence-electron chi connectivity index (χ1n) is 9.34. The summed E-state index contributed by atoms with van der Waals surface area (Å²) in [6.07, 6.45) is 3.11. The predicted molar refractivity (Wildman–Crippen MR) is 108 cm³/mol. The van der Waals surface area contributed by atoms with Crippen LogP contribution < -0.4 is 4.74 Å². The number of hydrogen-bond acceptors (Lipinski definition) is 5. The molecule has 0 radical (unpaired) electrons. The van der Waals surface area contributed by atoms with Crippen LogP contribution in [0.5, 0.6) is 5.75 Å². The molecule has 2 aliphatic heterocycles. The van der Waals surface area contributed by atoms with Crippen molar-refractivity contribution < 1.29 is 4.74 Å². The Morgan fingerprint density at radius 2 is 2.00 bits per heavy atom. The van der Waals surface area contributed by atoms with Gasteiger partial charge in [-0.25, -0.2) is 0 Å². The highest BCUT2D eigenvalue weighted by Crippen LogP contribution is 2.50. The molecule has 0 spiro atoms. The second-order valence-corrected chi connectivity index (χ2v) is 8.03. The van der Waals surface area contributed by atoms with Crippen molar-refractivity contribution in [3.8, 4) is 5.75 Å². The van der Waals surface area contributed by atoms with E-state index in [-0.39, 0.29) is 18.2 Å². The molecule has 0 aliphatic carbocycles. The van der Waals surface area contributed by atoms with E-state index in [4.69, 9.17) is 9.73 Å². The number of thioether (sulfide) groups is 1. The van der Waals surface area contributed by atoms with E-state index in [0.29, 0.717) is 6.04 Å². The monoisotopic (exact) mass is 367 g/mol. The molecular formula is C21H25N3OS. The second-order valence-electron chi connectivity index (χ2n) is 7.04. The van der Waals surface area contributed by atoms with E-state index in [0.717, 1.165) is 28.8 Å². The van der Waals surface area contributed by atoms with Crippen molar-refractivity contribution in [2.45, 2.75) is 51.4 Å². The summed E-state index contributed by atoms with van der Waals surface area (Å²) >= 11 is 1.87. The number of fused-ring (bicyclic) bond motifs is 1. The van der Waals surface area contributed by atoms with Crippen LogP contribution in [-0.2, 0) is 0 Å². The fourth-order valence-electron chi connectivity index (χ4n) is 3.77. The van der Waals surface area contributed by atoms with E-state index in [9.17, 15) is 0 Å². The molecule has 2 aliphatic rings. The van der Waals surface area contributed by atoms with Gasteiger partial charge in [-0.2, -0.15) is 0 Å². The Morgan fingerprint density at radius 3 is 2.73 bits per heavy atom. The maximum atomic E-state index is 6.15. The summed E-state index contributed by atoms with van der Waals surface area (Å²) in [6.45, 7) is 6.41. The first-order valence-corrected chi connectivity index (χ1v) is 10.3. The minimum Gasteiger partial charge on any atom is -0.491 e. The Morgan fingerprint density at radius 1 is 1.19 bits per heavy atom. The molecule has 1 aromatic heterocycles. The van der Waals surface area contributed by atoms with Crippen molar-refractivity contribution >= 4 is 16.9 Å². The number of pyridine rings is 1. The van der Waals surface area contributed by atoms with Crippen molar-refractivity contribution in [2.24, 2.45) is 4.99 Å². The van der Waals surface area contributed by atoms with E-state index in [2.05, 4.69) is 54.9 Å². The van der Waals surface area contributed by atoms with Crippen LogP contribution in [0.3, 0.4) is 0 Å². The normalized spacial score (nSPS) is 24.7. The highest BCUT2D eigenvalue weighted by Gasteiger charge is 2.46. The Bertz CT molecular complexity index is 793. The van der Waals surface area contributed by atoms with Crippen LogP contribution in [0.15, 0.2) is 53.7 Å². The molecule has 1 fully saturated rings. The molecule has 2 aromatic rings. The molecule has 26 heavy (non-hydrogen) atoms. The maximum Gasteiger partial charge on any atom is 0.160 e. The minimum absolute atomic E-state index is 0.00459. The van der Waals surface area contributed by atoms with Crippen LogP contribution in [0.4, 0.5) is 0 Å². The lowest BCUT2D eigenvalue weighted by atomic mass is 9.94. The van der Waals surface area contributed by atoms with E-state index in [1.165, 1.54) is 5.56 Å². The van der Waals surface area contributed by atoms with Gasteiger partial charge in [0.25, 0.3) is 0 Å². The second kappa shape index (κ2) is 7.31. The van der Waals surface area contributed by atoms with Gasteiger partial charge in [-0.15, -0.1) is 0 Å². The van der Waals surface area contributed by atoms with Gasteiger partial charge in [0.15, 0.2) is 5.17 Å². The third kappa shape index (κ3) is 3.09. The van der Waals surface area contributed by atoms with Crippen LogP contribution in [0, 0.1) is 0 Å². The average molecular weight is 368 g/mol. The Balaban J connectivity index is 1.80. The summed E-state index contributed by atoms with van der Waals surface area (Å²) in [5.41, 5.74) is 2.23. The van der Waals surface area contributed by atoms with Gasteiger partial charge in [-0.1, -0.05) is 43.0 Å². The predicted octanol–water partition coefficient (Wildman–Crippen LogP) is 4.85. The van der Waals surface area contributed by atoms with Crippen LogP contribution in [-0.4, -0.2) is 33.0 Å². The fourth-order valence-corrected chi connectivity index (χ4v) is 5.11. The molecule has 4 rings (SSSR count). The van der Waals surface area contributed by atoms with Crippen molar-refractivity contribution in [3.05, 3.63) is 59.9 Å². The van der Waals surface area contributed by atoms with E-state index >= 15 is 0 Å². The molecule has 1 saturated heterocycles. The summed E-state index contributed by atoms with van der Waals surface area (Å²) in [5, 5.41) is 1.15. The lowest BCUT2D eigenvalue weighted by molar-refractivity contribution is 0.218. The van der Waals surface area contributed by atoms with Crippen LogP contribution >= 0.6 is 11.8 Å². The largest absolute Gasteiger partial charge is 0.491 e. The summed E-state index contributed by atoms with van der Waals surface area (Å²) in [7, 11) is 0. The van der Waals surface area contributed by atoms with Gasteiger partial charge in [0.2, 0.25) is 0 Å². The summed E-state index contributed by atoms with van der Waals surface area (Å²) < 4.78 is 6.15. The van der Waals surface area contributed by atoms with Gasteiger partial charge >= 0.3 is 0 Å². The quantitative estimate of drug-likeness (QED) is 0.757. The van der Waals surface area contributed by atoms with Gasteiger partial charge in [-0.3, -0.25) is 9.98 Å². The molecule has 136 valence electrons. The summed E-state index contributed by atoms with van der Waals surface area (Å²) in [4.78, 5) is 12.2. The topological polar surface area (TPSA) is 37.7 Å². The van der Waals surface area contributed by atoms with Crippen molar-refractivity contribution in [3.63, 3.8) is 0 Å². The number of nitrogens with zero attached hydrogens (tertiary/aromatic N) is 3. The number of ether oxygens (including phenoxy) is 1. The Kier molecular flexibility index (Phi) is 4.90. The van der Waals surface area contributed by atoms with Crippen molar-refractivity contribution in [1.29, 1.82) is 0 Å². The standard InChI is InChI=1S/C21H25N3OS/c1-4-15-13-26-21-23-19(17-10-7-8-12-22-17)20(24(15)21)16-9-5-6-11-18(16)25-14(2)3/h5-12,14-15,19-20H,4,13H2,1-3H3/t15-,19+,20+/m1/s1. The molecule has 0 amide bonds. The smallest absolute Gasteiger partial charge is 0.160 e. The van der Waals surface area contributed by atoms with E-state index in [1.54, 1.807) is 0 Å². The van der Waals surface area contributed by atoms with Crippen LogP contribution in [0.1, 0.15) is 50.5 Å². The summed E-state index contributed by atoms with van der Waals surface area (Å²) in [6, 6.07) is 15.1. The molecule has 4 nitrogen and oxygen atoms in total. The SMILES string of the molecule is CC[C@@H]1CSC2=N[C@@H](c3ccccn3)[C@H](c3ccccc3OC(C)C)N21. The minimum atomic E-state index is 0.00459. The molecule has 1 aromatic carbocycles. The Labute approximate surface area is 159 Å². The molecule has 0 unspecified atom stereocenters. The lowest BCUT2D eigenvalue weighted by Crippen LogP contribution is -2.35. The van der Waals surface area contributed by atoms with Crippen LogP contribution in [0.25, 0.3) is 0 Å². The number of hydrogen-bond donors (Lipinski definition) is 0. The van der Waals surface area contributed by atoms with Crippen molar-refractivity contribution in [2.75, 3.05) is 5.75 Å². The number of aromatic nitrogens is 1. The van der Waals surface area contributed by atoms with Crippen LogP contribution in [0.2, 0.25) is 0 Å². The lowest BCUT2D eigenvalue weighted by Gasteiger charge is -2.33. The molecule has 0 bridgehead atoms. The van der Waals surface area contributed by atoms with Crippen molar-refractivity contribution in [1.82, 2.24) is 9.88 Å². The number of benzene rings is 1. The zero-order valence-electron chi connectivity index (χ0n) is 15.5. The highest BCUT2D eigenvalue weighted by molar-refractivity contribution is 8.14. The maximum absolute atomic E-state index is 6.15. The van der Waals surface area contributed by atoms with Gasteiger partial charge < -0.3 is 9.64 Å². The third-order valence-corrected chi connectivity index (χ3v) is 6.06. The average Bonchev–Trinajstić information content (AvgIpc) is 3.21. The van der Waals surface area contributed by atoms with Gasteiger partial charge in [0.1, 0.15) is 11.8 Å². The molecule has 3 heterocycles. The Hall–Kier alpha value is -2.01. The highest BCUT2D eigenvalue weighted by atomic mass is 32.2. The molecular weight excluding hydrogens is 342 g/mol. The zero-order chi connectivity index (χ0) is 18.1. The first-order chi connectivity index (χ1) is 12.7. The number of rotatable bonds is 5. The van der Waals surface area contributed by atoms with E-state index < -0.39 is 0 Å². The molecule has 5 heteroatoms. The molecule has 0 N–H and O–H groups in total. The zero-order valence-corrected chi connectivity index (χ0v) is 16.3. The molecule has 3 atom stereocenters. The third-order valence-electron chi connectivity index (χ3n) is 4.93.